The molecule has 226 valence electrons. The zero-order chi connectivity index (χ0) is 28.6. The summed E-state index contributed by atoms with van der Waals surface area (Å²) in [5, 5.41) is 30.6. The van der Waals surface area contributed by atoms with Gasteiger partial charge in [-0.25, -0.2) is 0 Å². The van der Waals surface area contributed by atoms with E-state index < -0.39 is 18.3 Å². The van der Waals surface area contributed by atoms with Crippen LogP contribution in [0.1, 0.15) is 132 Å². The van der Waals surface area contributed by atoms with Gasteiger partial charge in [0.05, 0.1) is 12.2 Å². The van der Waals surface area contributed by atoms with Gasteiger partial charge in [-0.2, -0.15) is 0 Å². The first-order valence-corrected chi connectivity index (χ1v) is 16.9. The summed E-state index contributed by atoms with van der Waals surface area (Å²) in [4.78, 5) is 0. The van der Waals surface area contributed by atoms with Gasteiger partial charge in [0, 0.05) is 6.54 Å². The largest absolute Gasteiger partial charge is 0.390 e. The van der Waals surface area contributed by atoms with Gasteiger partial charge < -0.3 is 21.1 Å². The van der Waals surface area contributed by atoms with Crippen LogP contribution in [0.5, 0.6) is 0 Å². The fourth-order valence-electron chi connectivity index (χ4n) is 13.2. The highest BCUT2D eigenvalue weighted by Gasteiger charge is 2.70. The fraction of sp³-hybridized carbons (Fsp3) is 1.00. The van der Waals surface area contributed by atoms with E-state index in [0.717, 1.165) is 30.1 Å². The van der Waals surface area contributed by atoms with Crippen LogP contribution in [0.3, 0.4) is 0 Å². The first kappa shape index (κ1) is 30.3. The van der Waals surface area contributed by atoms with Gasteiger partial charge in [0.25, 0.3) is 0 Å². The number of aliphatic hydroxyl groups is 3. The van der Waals surface area contributed by atoms with Gasteiger partial charge in [0.2, 0.25) is 0 Å². The van der Waals surface area contributed by atoms with Gasteiger partial charge in [-0.3, -0.25) is 0 Å². The van der Waals surface area contributed by atoms with Crippen LogP contribution in [-0.4, -0.2) is 40.2 Å². The monoisotopic (exact) mass is 545 g/mol. The molecule has 0 aromatic rings. The Labute approximate surface area is 240 Å². The molecule has 5 N–H and O–H groups in total. The van der Waals surface area contributed by atoms with Crippen molar-refractivity contribution < 1.29 is 15.3 Å². The van der Waals surface area contributed by atoms with Gasteiger partial charge in [-0.1, -0.05) is 54.9 Å². The minimum atomic E-state index is -1.14. The second-order valence-electron chi connectivity index (χ2n) is 17.2. The summed E-state index contributed by atoms with van der Waals surface area (Å²) >= 11 is 0. The van der Waals surface area contributed by atoms with Gasteiger partial charge in [-0.15, -0.1) is 0 Å². The second kappa shape index (κ2) is 10.2. The van der Waals surface area contributed by atoms with E-state index in [9.17, 15) is 15.3 Å². The topological polar surface area (TPSA) is 86.7 Å². The lowest BCUT2D eigenvalue weighted by Crippen LogP contribution is -2.65. The van der Waals surface area contributed by atoms with Gasteiger partial charge in [0.15, 0.2) is 0 Å². The Hall–Kier alpha value is -0.160. The first-order valence-electron chi connectivity index (χ1n) is 16.9. The molecule has 0 heterocycles. The summed E-state index contributed by atoms with van der Waals surface area (Å²) in [5.41, 5.74) is 7.83. The standard InChI is InChI=1S/C35H63NO3/c1-22(9-10-25(37)30(39)26(38)21-36)23-13-18-32(4)24(23)14-19-34(6)28(32)11-12-29-33(5)17-8-16-31(2,3)27(33)15-20-35(29,34)7/h22-30,37-39H,8-21,36H2,1-7H3/t22?,23?,24?,25-,26+,27?,28?,29?,30-,32+,33+,34-,35-/m1/s1. The minimum absolute atomic E-state index is 0.0195. The van der Waals surface area contributed by atoms with E-state index in [1.165, 1.54) is 70.6 Å². The quantitative estimate of drug-likeness (QED) is 0.279. The molecule has 0 bridgehead atoms. The number of hydrogen-bond acceptors (Lipinski definition) is 4. The van der Waals surface area contributed by atoms with Crippen LogP contribution < -0.4 is 5.73 Å². The van der Waals surface area contributed by atoms with Gasteiger partial charge in [-0.05, 0) is 140 Å². The third kappa shape index (κ3) is 4.42. The van der Waals surface area contributed by atoms with E-state index in [4.69, 9.17) is 5.73 Å². The number of rotatable bonds is 7. The summed E-state index contributed by atoms with van der Waals surface area (Å²) in [6.07, 6.45) is 13.8. The van der Waals surface area contributed by atoms with Crippen molar-refractivity contribution in [1.29, 1.82) is 0 Å². The zero-order valence-corrected chi connectivity index (χ0v) is 26.5. The van der Waals surface area contributed by atoms with Crippen LogP contribution in [0.4, 0.5) is 0 Å². The molecule has 5 fully saturated rings. The van der Waals surface area contributed by atoms with Crippen LogP contribution >= 0.6 is 0 Å². The summed E-state index contributed by atoms with van der Waals surface area (Å²) in [7, 11) is 0. The Morgan fingerprint density at radius 3 is 1.92 bits per heavy atom. The van der Waals surface area contributed by atoms with Gasteiger partial charge in [0.1, 0.15) is 6.10 Å². The molecule has 0 aromatic heterocycles. The molecule has 4 heteroatoms. The highest BCUT2D eigenvalue weighted by Crippen LogP contribution is 2.78. The van der Waals surface area contributed by atoms with Crippen molar-refractivity contribution in [1.82, 2.24) is 0 Å². The predicted molar refractivity (Wildman–Crippen MR) is 160 cm³/mol. The average Bonchev–Trinajstić information content (AvgIpc) is 3.23. The highest BCUT2D eigenvalue weighted by molar-refractivity contribution is 5.19. The lowest BCUT2D eigenvalue weighted by atomic mass is 9.32. The van der Waals surface area contributed by atoms with E-state index in [1.54, 1.807) is 0 Å². The average molecular weight is 546 g/mol. The molecular formula is C35H63NO3. The first-order chi connectivity index (χ1) is 18.2. The molecule has 0 aromatic carbocycles. The third-order valence-corrected chi connectivity index (χ3v) is 15.4. The molecule has 5 saturated carbocycles. The van der Waals surface area contributed by atoms with Crippen molar-refractivity contribution >= 4 is 0 Å². The summed E-state index contributed by atoms with van der Waals surface area (Å²) in [6, 6.07) is 0. The number of hydrogen-bond donors (Lipinski definition) is 4. The SMILES string of the molecule is CC(CC[C@@H](O)[C@@H](O)[C@@H](O)CN)C1CC[C@@]2(C)C1CC[C@]1(C)C2CCC2[C@@]3(C)CCCC(C)(C)C3CC[C@]21C. The molecule has 6 unspecified atom stereocenters. The van der Waals surface area contributed by atoms with Crippen LogP contribution in [-0.2, 0) is 0 Å². The van der Waals surface area contributed by atoms with E-state index in [2.05, 4.69) is 48.5 Å². The normalized spacial score (nSPS) is 50.1. The number of fused-ring (bicyclic) bond motifs is 7. The molecule has 0 amide bonds. The molecule has 0 radical (unpaired) electrons. The van der Waals surface area contributed by atoms with Crippen molar-refractivity contribution in [3.05, 3.63) is 0 Å². The maximum absolute atomic E-state index is 10.5. The van der Waals surface area contributed by atoms with Crippen LogP contribution in [0.2, 0.25) is 0 Å². The van der Waals surface area contributed by atoms with E-state index in [-0.39, 0.29) is 6.54 Å². The Balaban J connectivity index is 1.33. The Morgan fingerprint density at radius 2 is 1.28 bits per heavy atom. The molecule has 0 aliphatic heterocycles. The predicted octanol–water partition coefficient (Wildman–Crippen LogP) is 6.94. The molecule has 5 aliphatic carbocycles. The Morgan fingerprint density at radius 1 is 0.667 bits per heavy atom. The molecule has 0 saturated heterocycles. The molecule has 4 nitrogen and oxygen atoms in total. The molecule has 5 aliphatic rings. The Kier molecular flexibility index (Phi) is 7.95. The highest BCUT2D eigenvalue weighted by atomic mass is 16.4. The number of aliphatic hydroxyl groups excluding tert-OH is 3. The molecular weight excluding hydrogens is 482 g/mol. The van der Waals surface area contributed by atoms with Crippen molar-refractivity contribution in [2.24, 2.45) is 68.3 Å². The zero-order valence-electron chi connectivity index (χ0n) is 26.5. The summed E-state index contributed by atoms with van der Waals surface area (Å²) < 4.78 is 0. The van der Waals surface area contributed by atoms with Crippen LogP contribution in [0.25, 0.3) is 0 Å². The summed E-state index contributed by atoms with van der Waals surface area (Å²) in [6.45, 7) is 18.4. The van der Waals surface area contributed by atoms with Crippen molar-refractivity contribution in [3.8, 4) is 0 Å². The van der Waals surface area contributed by atoms with Crippen molar-refractivity contribution in [2.45, 2.75) is 150 Å². The smallest absolute Gasteiger partial charge is 0.107 e. The van der Waals surface area contributed by atoms with Crippen LogP contribution in [0, 0.1) is 62.6 Å². The summed E-state index contributed by atoms with van der Waals surface area (Å²) in [5.74, 6) is 4.61. The maximum atomic E-state index is 10.5. The van der Waals surface area contributed by atoms with Gasteiger partial charge >= 0.3 is 0 Å². The van der Waals surface area contributed by atoms with Crippen molar-refractivity contribution in [2.75, 3.05) is 6.54 Å². The lowest BCUT2D eigenvalue weighted by molar-refractivity contribution is -0.241. The lowest BCUT2D eigenvalue weighted by Gasteiger charge is -2.73. The van der Waals surface area contributed by atoms with E-state index in [0.29, 0.717) is 45.3 Å². The Bertz CT molecular complexity index is 891. The van der Waals surface area contributed by atoms with Crippen LogP contribution in [0.15, 0.2) is 0 Å². The molecule has 39 heavy (non-hydrogen) atoms. The molecule has 5 rings (SSSR count). The second-order valence-corrected chi connectivity index (χ2v) is 17.2. The van der Waals surface area contributed by atoms with E-state index >= 15 is 0 Å². The third-order valence-electron chi connectivity index (χ3n) is 15.4. The fourth-order valence-corrected chi connectivity index (χ4v) is 13.2. The molecule has 0 spiro atoms. The number of nitrogens with two attached hydrogens (primary N) is 1. The van der Waals surface area contributed by atoms with E-state index in [1.807, 2.05) is 0 Å². The minimum Gasteiger partial charge on any atom is -0.390 e. The molecule has 13 atom stereocenters. The van der Waals surface area contributed by atoms with Crippen molar-refractivity contribution in [3.63, 3.8) is 0 Å². The maximum Gasteiger partial charge on any atom is 0.107 e.